The van der Waals surface area contributed by atoms with Gasteiger partial charge in [-0.25, -0.2) is 13.8 Å². The van der Waals surface area contributed by atoms with Crippen LogP contribution in [-0.4, -0.2) is 40.5 Å². The first-order valence-electron chi connectivity index (χ1n) is 9.68. The Balaban J connectivity index is 1.51. The molecule has 3 aromatic rings. The number of halogens is 2. The molecule has 0 spiro atoms. The van der Waals surface area contributed by atoms with Crippen molar-refractivity contribution in [3.8, 4) is 11.3 Å². The molecule has 2 aromatic carbocycles. The molecule has 1 fully saturated rings. The van der Waals surface area contributed by atoms with Gasteiger partial charge in [-0.15, -0.1) is 0 Å². The van der Waals surface area contributed by atoms with E-state index >= 15 is 0 Å². The molecule has 1 aliphatic rings. The van der Waals surface area contributed by atoms with Crippen LogP contribution in [-0.2, 0) is 16.1 Å². The maximum atomic E-state index is 14.1. The summed E-state index contributed by atoms with van der Waals surface area (Å²) in [7, 11) is 0. The highest BCUT2D eigenvalue weighted by atomic mass is 19.1. The maximum absolute atomic E-state index is 14.1. The number of aromatic nitrogens is 2. The largest absolute Gasteiger partial charge is 0.378 e. The second kappa shape index (κ2) is 8.73. The molecule has 4 rings (SSSR count). The van der Waals surface area contributed by atoms with Crippen LogP contribution in [0, 0.1) is 11.6 Å². The molecule has 1 saturated heterocycles. The average molecular weight is 412 g/mol. The minimum absolute atomic E-state index is 0.109. The van der Waals surface area contributed by atoms with Crippen molar-refractivity contribution in [2.45, 2.75) is 19.5 Å². The predicted molar refractivity (Wildman–Crippen MR) is 109 cm³/mol. The SMILES string of the molecule is CC(=O)Nc1ccc(CN2CCOCC2c2ncc(-c3ccc(F)cc3F)[nH]2)cc1. The second-order valence-corrected chi connectivity index (χ2v) is 7.25. The van der Waals surface area contributed by atoms with Gasteiger partial charge >= 0.3 is 0 Å². The second-order valence-electron chi connectivity index (χ2n) is 7.25. The van der Waals surface area contributed by atoms with Crippen LogP contribution in [0.4, 0.5) is 14.5 Å². The van der Waals surface area contributed by atoms with Crippen molar-refractivity contribution in [2.24, 2.45) is 0 Å². The minimum atomic E-state index is -0.638. The Morgan fingerprint density at radius 2 is 2.07 bits per heavy atom. The van der Waals surface area contributed by atoms with Gasteiger partial charge in [-0.2, -0.15) is 0 Å². The van der Waals surface area contributed by atoms with Crippen LogP contribution < -0.4 is 5.32 Å². The predicted octanol–water partition coefficient (Wildman–Crippen LogP) is 3.89. The van der Waals surface area contributed by atoms with Gasteiger partial charge in [0.05, 0.1) is 31.1 Å². The third-order valence-electron chi connectivity index (χ3n) is 5.03. The summed E-state index contributed by atoms with van der Waals surface area (Å²) in [6.45, 7) is 3.94. The fourth-order valence-electron chi connectivity index (χ4n) is 3.56. The van der Waals surface area contributed by atoms with Crippen molar-refractivity contribution in [3.63, 3.8) is 0 Å². The molecule has 30 heavy (non-hydrogen) atoms. The molecule has 0 saturated carbocycles. The zero-order chi connectivity index (χ0) is 21.1. The summed E-state index contributed by atoms with van der Waals surface area (Å²) in [5.74, 6) is -0.695. The number of anilines is 1. The van der Waals surface area contributed by atoms with Crippen LogP contribution in [0.2, 0.25) is 0 Å². The lowest BCUT2D eigenvalue weighted by molar-refractivity contribution is -0.114. The summed E-state index contributed by atoms with van der Waals surface area (Å²) in [5, 5.41) is 2.75. The Morgan fingerprint density at radius 1 is 1.27 bits per heavy atom. The number of nitrogens with one attached hydrogen (secondary N) is 2. The van der Waals surface area contributed by atoms with E-state index < -0.39 is 11.6 Å². The third-order valence-corrected chi connectivity index (χ3v) is 5.03. The van der Waals surface area contributed by atoms with Crippen molar-refractivity contribution in [1.82, 2.24) is 14.9 Å². The van der Waals surface area contributed by atoms with E-state index in [0.29, 0.717) is 31.3 Å². The molecule has 8 heteroatoms. The monoisotopic (exact) mass is 412 g/mol. The molecule has 0 aliphatic carbocycles. The van der Waals surface area contributed by atoms with Gasteiger partial charge in [0.1, 0.15) is 17.5 Å². The number of rotatable bonds is 5. The van der Waals surface area contributed by atoms with E-state index in [1.807, 2.05) is 24.3 Å². The molecule has 2 heterocycles. The van der Waals surface area contributed by atoms with Crippen LogP contribution in [0.25, 0.3) is 11.3 Å². The van der Waals surface area contributed by atoms with Crippen LogP contribution in [0.15, 0.2) is 48.7 Å². The lowest BCUT2D eigenvalue weighted by Gasteiger charge is -2.34. The number of hydrogen-bond acceptors (Lipinski definition) is 4. The van der Waals surface area contributed by atoms with Gasteiger partial charge < -0.3 is 15.0 Å². The van der Waals surface area contributed by atoms with E-state index in [1.165, 1.54) is 19.1 Å². The zero-order valence-corrected chi connectivity index (χ0v) is 16.5. The van der Waals surface area contributed by atoms with Gasteiger partial charge in [-0.1, -0.05) is 12.1 Å². The normalized spacial score (nSPS) is 17.1. The molecular weight excluding hydrogens is 390 g/mol. The number of nitrogens with zero attached hydrogens (tertiary/aromatic N) is 2. The Morgan fingerprint density at radius 3 is 2.80 bits per heavy atom. The van der Waals surface area contributed by atoms with Crippen LogP contribution in [0.5, 0.6) is 0 Å². The molecule has 1 aliphatic heterocycles. The quantitative estimate of drug-likeness (QED) is 0.667. The number of ether oxygens (including phenoxy) is 1. The Hall–Kier alpha value is -3.10. The molecule has 1 unspecified atom stereocenters. The first-order chi connectivity index (χ1) is 14.5. The Labute approximate surface area is 172 Å². The number of benzene rings is 2. The molecule has 1 aromatic heterocycles. The molecule has 1 atom stereocenters. The summed E-state index contributed by atoms with van der Waals surface area (Å²) in [6, 6.07) is 11.0. The summed E-state index contributed by atoms with van der Waals surface area (Å²) < 4.78 is 33.0. The number of morpholine rings is 1. The molecule has 0 radical (unpaired) electrons. The van der Waals surface area contributed by atoms with Crippen molar-refractivity contribution in [2.75, 3.05) is 25.1 Å². The van der Waals surface area contributed by atoms with Crippen molar-refractivity contribution in [1.29, 1.82) is 0 Å². The third kappa shape index (κ3) is 4.55. The Bertz CT molecular complexity index is 1040. The molecule has 0 bridgehead atoms. The standard InChI is InChI=1S/C22H22F2N4O2/c1-14(29)26-17-5-2-15(3-6-17)12-28-8-9-30-13-21(28)22-25-11-20(27-22)18-7-4-16(23)10-19(18)24/h2-7,10-11,21H,8-9,12-13H2,1H3,(H,25,27)(H,26,29). The molecule has 1 amide bonds. The summed E-state index contributed by atoms with van der Waals surface area (Å²) in [5.41, 5.74) is 2.61. The van der Waals surface area contributed by atoms with Gasteiger partial charge in [0.25, 0.3) is 0 Å². The number of H-pyrrole nitrogens is 1. The summed E-state index contributed by atoms with van der Waals surface area (Å²) in [6.07, 6.45) is 1.56. The lowest BCUT2D eigenvalue weighted by atomic mass is 10.1. The van der Waals surface area contributed by atoms with Gasteiger partial charge in [-0.05, 0) is 29.8 Å². The van der Waals surface area contributed by atoms with E-state index in [9.17, 15) is 13.6 Å². The first kappa shape index (κ1) is 20.2. The average Bonchev–Trinajstić information content (AvgIpc) is 3.19. The summed E-state index contributed by atoms with van der Waals surface area (Å²) >= 11 is 0. The lowest BCUT2D eigenvalue weighted by Crippen LogP contribution is -2.39. The number of carbonyl (C=O) groups is 1. The fraction of sp³-hybridized carbons (Fsp3) is 0.273. The first-order valence-corrected chi connectivity index (χ1v) is 9.68. The van der Waals surface area contributed by atoms with E-state index in [2.05, 4.69) is 20.2 Å². The summed E-state index contributed by atoms with van der Waals surface area (Å²) in [4.78, 5) is 21.0. The van der Waals surface area contributed by atoms with Crippen LogP contribution >= 0.6 is 0 Å². The van der Waals surface area contributed by atoms with Crippen molar-refractivity contribution >= 4 is 11.6 Å². The molecule has 156 valence electrons. The topological polar surface area (TPSA) is 70.2 Å². The van der Waals surface area contributed by atoms with Gasteiger partial charge in [0.2, 0.25) is 5.91 Å². The van der Waals surface area contributed by atoms with E-state index in [0.717, 1.165) is 23.9 Å². The number of hydrogen-bond donors (Lipinski definition) is 2. The van der Waals surface area contributed by atoms with Crippen LogP contribution in [0.1, 0.15) is 24.4 Å². The zero-order valence-electron chi connectivity index (χ0n) is 16.5. The van der Waals surface area contributed by atoms with E-state index in [4.69, 9.17) is 4.74 Å². The number of aromatic amines is 1. The maximum Gasteiger partial charge on any atom is 0.221 e. The number of imidazole rings is 1. The highest BCUT2D eigenvalue weighted by Gasteiger charge is 2.27. The minimum Gasteiger partial charge on any atom is -0.378 e. The van der Waals surface area contributed by atoms with Gasteiger partial charge in [-0.3, -0.25) is 9.69 Å². The molecule has 6 nitrogen and oxygen atoms in total. The van der Waals surface area contributed by atoms with Crippen LogP contribution in [0.3, 0.4) is 0 Å². The number of amides is 1. The van der Waals surface area contributed by atoms with E-state index in [1.54, 1.807) is 6.20 Å². The Kier molecular flexibility index (Phi) is 5.87. The highest BCUT2D eigenvalue weighted by molar-refractivity contribution is 5.88. The molecule has 2 N–H and O–H groups in total. The fourth-order valence-corrected chi connectivity index (χ4v) is 3.56. The highest BCUT2D eigenvalue weighted by Crippen LogP contribution is 2.28. The smallest absolute Gasteiger partial charge is 0.221 e. The van der Waals surface area contributed by atoms with Crippen molar-refractivity contribution in [3.05, 3.63) is 71.7 Å². The van der Waals surface area contributed by atoms with Crippen molar-refractivity contribution < 1.29 is 18.3 Å². The van der Waals surface area contributed by atoms with E-state index in [-0.39, 0.29) is 17.5 Å². The molecular formula is C22H22F2N4O2. The van der Waals surface area contributed by atoms with Gasteiger partial charge in [0, 0.05) is 37.3 Å². The van der Waals surface area contributed by atoms with Gasteiger partial charge in [0.15, 0.2) is 0 Å². The number of carbonyl (C=O) groups excluding carboxylic acids is 1.